The van der Waals surface area contributed by atoms with Crippen molar-refractivity contribution in [3.05, 3.63) is 12.7 Å². The first-order valence-electron chi connectivity index (χ1n) is 6.68. The fourth-order valence-electron chi connectivity index (χ4n) is 1.80. The summed E-state index contributed by atoms with van der Waals surface area (Å²) in [6.45, 7) is 3.57. The lowest BCUT2D eigenvalue weighted by Gasteiger charge is -2.04. The van der Waals surface area contributed by atoms with Crippen LogP contribution >= 0.6 is 11.6 Å². The fraction of sp³-hybridized carbons (Fsp3) is 0.857. The second kappa shape index (κ2) is 13.1. The van der Waals surface area contributed by atoms with Crippen LogP contribution in [0.4, 0.5) is 0 Å². The Labute approximate surface area is 106 Å². The first-order valence-corrected chi connectivity index (χ1v) is 7.21. The van der Waals surface area contributed by atoms with Crippen LogP contribution in [-0.2, 0) is 0 Å². The second-order valence-electron chi connectivity index (χ2n) is 4.46. The van der Waals surface area contributed by atoms with E-state index < -0.39 is 0 Å². The minimum atomic E-state index is -0.296. The molecule has 0 aliphatic rings. The zero-order valence-electron chi connectivity index (χ0n) is 10.5. The predicted octanol–water partition coefficient (Wildman–Crippen LogP) is 4.67. The van der Waals surface area contributed by atoms with Crippen LogP contribution in [0.25, 0.3) is 0 Å². The van der Waals surface area contributed by atoms with Gasteiger partial charge in [0.25, 0.3) is 0 Å². The molecule has 0 heterocycles. The van der Waals surface area contributed by atoms with Gasteiger partial charge >= 0.3 is 0 Å². The van der Waals surface area contributed by atoms with Crippen molar-refractivity contribution in [2.24, 2.45) is 0 Å². The number of rotatable bonds is 12. The quantitative estimate of drug-likeness (QED) is 0.301. The van der Waals surface area contributed by atoms with Gasteiger partial charge in [0.15, 0.2) is 0 Å². The van der Waals surface area contributed by atoms with E-state index in [0.29, 0.717) is 0 Å². The average molecular weight is 247 g/mol. The minimum absolute atomic E-state index is 0.296. The molecular weight excluding hydrogens is 220 g/mol. The van der Waals surface area contributed by atoms with Gasteiger partial charge in [-0.15, -0.1) is 18.2 Å². The number of hydrogen-bond donors (Lipinski definition) is 1. The Morgan fingerprint density at radius 2 is 1.31 bits per heavy atom. The Hall–Kier alpha value is -0.0100. The standard InChI is InChI=1S/C14H27ClO/c1-2-14(16)12-10-8-6-4-3-5-7-9-11-13-15/h2,14,16H,1,3-13H2. The van der Waals surface area contributed by atoms with Gasteiger partial charge in [-0.25, -0.2) is 0 Å². The normalized spacial score (nSPS) is 12.6. The van der Waals surface area contributed by atoms with Crippen LogP contribution in [0.2, 0.25) is 0 Å². The number of hydrogen-bond acceptors (Lipinski definition) is 1. The van der Waals surface area contributed by atoms with Crippen molar-refractivity contribution >= 4 is 11.6 Å². The largest absolute Gasteiger partial charge is 0.389 e. The van der Waals surface area contributed by atoms with Crippen LogP contribution in [0.15, 0.2) is 12.7 Å². The summed E-state index contributed by atoms with van der Waals surface area (Å²) in [6.07, 6.45) is 13.7. The van der Waals surface area contributed by atoms with Crippen LogP contribution in [0.3, 0.4) is 0 Å². The molecule has 0 aliphatic heterocycles. The maximum absolute atomic E-state index is 9.25. The Kier molecular flexibility index (Phi) is 13.0. The van der Waals surface area contributed by atoms with E-state index >= 15 is 0 Å². The van der Waals surface area contributed by atoms with E-state index in [4.69, 9.17) is 11.6 Å². The highest BCUT2D eigenvalue weighted by atomic mass is 35.5. The third kappa shape index (κ3) is 12.1. The van der Waals surface area contributed by atoms with E-state index in [-0.39, 0.29) is 6.10 Å². The van der Waals surface area contributed by atoms with Crippen LogP contribution in [-0.4, -0.2) is 17.1 Å². The molecule has 0 spiro atoms. The highest BCUT2D eigenvalue weighted by Crippen LogP contribution is 2.11. The van der Waals surface area contributed by atoms with Gasteiger partial charge in [0.2, 0.25) is 0 Å². The molecule has 0 amide bonds. The van der Waals surface area contributed by atoms with Gasteiger partial charge in [-0.1, -0.05) is 57.4 Å². The maximum Gasteiger partial charge on any atom is 0.0718 e. The molecule has 2 heteroatoms. The molecule has 0 rings (SSSR count). The van der Waals surface area contributed by atoms with Crippen molar-refractivity contribution in [2.75, 3.05) is 5.88 Å². The van der Waals surface area contributed by atoms with Crippen molar-refractivity contribution in [3.63, 3.8) is 0 Å². The van der Waals surface area contributed by atoms with Crippen molar-refractivity contribution < 1.29 is 5.11 Å². The number of halogens is 1. The van der Waals surface area contributed by atoms with E-state index in [2.05, 4.69) is 6.58 Å². The van der Waals surface area contributed by atoms with Crippen LogP contribution in [0.1, 0.15) is 64.2 Å². The number of unbranched alkanes of at least 4 members (excludes halogenated alkanes) is 8. The highest BCUT2D eigenvalue weighted by Gasteiger charge is 1.97. The Balaban J connectivity index is 2.96. The summed E-state index contributed by atoms with van der Waals surface area (Å²) >= 11 is 5.61. The van der Waals surface area contributed by atoms with Gasteiger partial charge in [0.1, 0.15) is 0 Å². The van der Waals surface area contributed by atoms with Gasteiger partial charge in [0.05, 0.1) is 6.10 Å². The van der Waals surface area contributed by atoms with E-state index in [1.165, 1.54) is 51.4 Å². The van der Waals surface area contributed by atoms with Gasteiger partial charge < -0.3 is 5.11 Å². The van der Waals surface area contributed by atoms with E-state index in [1.54, 1.807) is 6.08 Å². The first-order chi connectivity index (χ1) is 7.81. The SMILES string of the molecule is C=CC(O)CCCCCCCCCCCCl. The molecule has 0 aromatic rings. The summed E-state index contributed by atoms with van der Waals surface area (Å²) in [7, 11) is 0. The number of alkyl halides is 1. The predicted molar refractivity (Wildman–Crippen MR) is 73.1 cm³/mol. The summed E-state index contributed by atoms with van der Waals surface area (Å²) in [5.41, 5.74) is 0. The van der Waals surface area contributed by atoms with Gasteiger partial charge in [-0.3, -0.25) is 0 Å². The van der Waals surface area contributed by atoms with Gasteiger partial charge in [-0.2, -0.15) is 0 Å². The lowest BCUT2D eigenvalue weighted by molar-refractivity contribution is 0.208. The summed E-state index contributed by atoms with van der Waals surface area (Å²) in [6, 6.07) is 0. The minimum Gasteiger partial charge on any atom is -0.389 e. The Morgan fingerprint density at radius 1 is 0.875 bits per heavy atom. The molecule has 96 valence electrons. The zero-order chi connectivity index (χ0) is 12.1. The number of aliphatic hydroxyl groups is 1. The van der Waals surface area contributed by atoms with Gasteiger partial charge in [-0.05, 0) is 12.8 Å². The molecule has 0 aliphatic carbocycles. The van der Waals surface area contributed by atoms with Crippen molar-refractivity contribution in [1.82, 2.24) is 0 Å². The summed E-state index contributed by atoms with van der Waals surface area (Å²) < 4.78 is 0. The molecule has 0 aromatic heterocycles. The third-order valence-electron chi connectivity index (χ3n) is 2.91. The van der Waals surface area contributed by atoms with Crippen LogP contribution in [0, 0.1) is 0 Å². The third-order valence-corrected chi connectivity index (χ3v) is 3.17. The summed E-state index contributed by atoms with van der Waals surface area (Å²) in [5.74, 6) is 0.811. The number of aliphatic hydroxyl groups excluding tert-OH is 1. The maximum atomic E-state index is 9.25. The van der Waals surface area contributed by atoms with Gasteiger partial charge in [0, 0.05) is 5.88 Å². The summed E-state index contributed by atoms with van der Waals surface area (Å²) in [5, 5.41) is 9.25. The highest BCUT2D eigenvalue weighted by molar-refractivity contribution is 6.17. The molecule has 1 N–H and O–H groups in total. The monoisotopic (exact) mass is 246 g/mol. The topological polar surface area (TPSA) is 20.2 Å². The molecular formula is C14H27ClO. The van der Waals surface area contributed by atoms with Crippen molar-refractivity contribution in [1.29, 1.82) is 0 Å². The van der Waals surface area contributed by atoms with E-state index in [1.807, 2.05) is 0 Å². The summed E-state index contributed by atoms with van der Waals surface area (Å²) in [4.78, 5) is 0. The first kappa shape index (κ1) is 16.0. The van der Waals surface area contributed by atoms with Crippen LogP contribution in [0.5, 0.6) is 0 Å². The zero-order valence-corrected chi connectivity index (χ0v) is 11.2. The second-order valence-corrected chi connectivity index (χ2v) is 4.84. The fourth-order valence-corrected chi connectivity index (χ4v) is 1.99. The Morgan fingerprint density at radius 3 is 1.75 bits per heavy atom. The molecule has 0 saturated heterocycles. The molecule has 0 radical (unpaired) electrons. The smallest absolute Gasteiger partial charge is 0.0718 e. The lowest BCUT2D eigenvalue weighted by Crippen LogP contribution is -2.00. The average Bonchev–Trinajstić information content (AvgIpc) is 2.31. The molecule has 0 saturated carbocycles. The molecule has 1 unspecified atom stereocenters. The van der Waals surface area contributed by atoms with E-state index in [9.17, 15) is 5.11 Å². The molecule has 0 aromatic carbocycles. The Bertz CT molecular complexity index is 148. The van der Waals surface area contributed by atoms with Crippen LogP contribution < -0.4 is 0 Å². The van der Waals surface area contributed by atoms with Crippen molar-refractivity contribution in [2.45, 2.75) is 70.3 Å². The molecule has 1 atom stereocenters. The van der Waals surface area contributed by atoms with Crippen molar-refractivity contribution in [3.8, 4) is 0 Å². The molecule has 16 heavy (non-hydrogen) atoms. The molecule has 1 nitrogen and oxygen atoms in total. The molecule has 0 fully saturated rings. The molecule has 0 bridgehead atoms. The lowest BCUT2D eigenvalue weighted by atomic mass is 10.1. The van der Waals surface area contributed by atoms with E-state index in [0.717, 1.165) is 18.7 Å².